The van der Waals surface area contributed by atoms with Gasteiger partial charge in [0.05, 0.1) is 47.2 Å². The average molecular weight is 511 g/mol. The Kier molecular flexibility index (Phi) is 7.52. The minimum absolute atomic E-state index is 0.00212. The molecule has 0 aliphatic carbocycles. The number of benzene rings is 2. The molecule has 2 heterocycles. The number of fused-ring (bicyclic) bond motifs is 2. The highest BCUT2D eigenvalue weighted by atomic mass is 16.6. The number of carbonyl (C=O) groups excluding carboxylic acids is 1. The largest absolute Gasteiger partial charge is 0.496 e. The monoisotopic (exact) mass is 510 g/mol. The fourth-order valence-electron chi connectivity index (χ4n) is 3.94. The van der Waals surface area contributed by atoms with Crippen molar-refractivity contribution in [3.63, 3.8) is 0 Å². The van der Waals surface area contributed by atoms with Crippen molar-refractivity contribution in [2.45, 2.75) is 40.2 Å². The van der Waals surface area contributed by atoms with Gasteiger partial charge in [-0.15, -0.1) is 0 Å². The molecular formula is C27H30N2O8. The molecule has 10 heteroatoms. The van der Waals surface area contributed by atoms with E-state index in [0.29, 0.717) is 27.8 Å². The zero-order valence-corrected chi connectivity index (χ0v) is 21.8. The molecule has 0 radical (unpaired) electrons. The molecule has 0 amide bonds. The SMILES string of the molecule is COc1cc(C)cc2[nH]cc(C(=O)O)c12.COc1cc(C)cc2c1c(C(=O)O)cn2C(=O)OC(C)(C)C. The number of carboxylic acids is 2. The van der Waals surface area contributed by atoms with Crippen LogP contribution >= 0.6 is 0 Å². The smallest absolute Gasteiger partial charge is 0.419 e. The number of methoxy groups -OCH3 is 2. The van der Waals surface area contributed by atoms with E-state index in [0.717, 1.165) is 16.6 Å². The van der Waals surface area contributed by atoms with Crippen molar-refractivity contribution in [1.29, 1.82) is 0 Å². The van der Waals surface area contributed by atoms with Crippen LogP contribution in [0.15, 0.2) is 36.7 Å². The number of rotatable bonds is 4. The number of hydrogen-bond donors (Lipinski definition) is 3. The quantitative estimate of drug-likeness (QED) is 0.321. The van der Waals surface area contributed by atoms with Gasteiger partial charge in [-0.05, 0) is 70.0 Å². The number of hydrogen-bond acceptors (Lipinski definition) is 6. The molecule has 0 saturated heterocycles. The van der Waals surface area contributed by atoms with Crippen molar-refractivity contribution in [2.24, 2.45) is 0 Å². The van der Waals surface area contributed by atoms with Crippen molar-refractivity contribution in [3.05, 3.63) is 58.9 Å². The predicted octanol–water partition coefficient (Wildman–Crippen LogP) is 5.62. The number of ether oxygens (including phenoxy) is 3. The molecule has 0 fully saturated rings. The molecule has 3 N–H and O–H groups in total. The first kappa shape index (κ1) is 27.1. The molecule has 0 aliphatic rings. The number of carboxylic acid groups (broad SMARTS) is 2. The first-order chi connectivity index (χ1) is 17.3. The molecule has 0 spiro atoms. The minimum atomic E-state index is -1.13. The summed E-state index contributed by atoms with van der Waals surface area (Å²) < 4.78 is 17.0. The number of nitrogens with one attached hydrogen (secondary N) is 1. The van der Waals surface area contributed by atoms with Crippen LogP contribution in [0.5, 0.6) is 11.5 Å². The molecule has 0 saturated carbocycles. The highest BCUT2D eigenvalue weighted by Gasteiger charge is 2.25. The van der Waals surface area contributed by atoms with Gasteiger partial charge in [0.1, 0.15) is 17.1 Å². The van der Waals surface area contributed by atoms with E-state index in [1.807, 2.05) is 26.0 Å². The first-order valence-electron chi connectivity index (χ1n) is 11.3. The lowest BCUT2D eigenvalue weighted by atomic mass is 10.1. The fraction of sp³-hybridized carbons (Fsp3) is 0.296. The van der Waals surface area contributed by atoms with E-state index in [1.54, 1.807) is 32.9 Å². The van der Waals surface area contributed by atoms with Crippen LogP contribution in [-0.2, 0) is 4.74 Å². The van der Waals surface area contributed by atoms with Crippen LogP contribution in [0, 0.1) is 13.8 Å². The molecule has 37 heavy (non-hydrogen) atoms. The maximum Gasteiger partial charge on any atom is 0.419 e. The molecule has 0 atom stereocenters. The molecule has 196 valence electrons. The van der Waals surface area contributed by atoms with Gasteiger partial charge < -0.3 is 29.4 Å². The second-order valence-corrected chi connectivity index (χ2v) is 9.46. The Bertz CT molecular complexity index is 1500. The maximum atomic E-state index is 12.3. The summed E-state index contributed by atoms with van der Waals surface area (Å²) in [5, 5.41) is 19.4. The van der Waals surface area contributed by atoms with Gasteiger partial charge in [0.25, 0.3) is 0 Å². The molecule has 4 aromatic rings. The summed E-state index contributed by atoms with van der Waals surface area (Å²) in [5.74, 6) is -1.09. The van der Waals surface area contributed by atoms with Crippen LogP contribution in [0.1, 0.15) is 52.6 Å². The summed E-state index contributed by atoms with van der Waals surface area (Å²) in [6, 6.07) is 7.18. The molecule has 0 aliphatic heterocycles. The Morgan fingerprint density at radius 2 is 1.38 bits per heavy atom. The van der Waals surface area contributed by atoms with E-state index in [2.05, 4.69) is 4.98 Å². The zero-order valence-electron chi connectivity index (χ0n) is 21.8. The van der Waals surface area contributed by atoms with Gasteiger partial charge in [-0.1, -0.05) is 0 Å². The lowest BCUT2D eigenvalue weighted by molar-refractivity contribution is 0.0543. The van der Waals surface area contributed by atoms with Gasteiger partial charge in [-0.25, -0.2) is 14.4 Å². The molecule has 0 bridgehead atoms. The van der Waals surface area contributed by atoms with Crippen LogP contribution in [0.2, 0.25) is 0 Å². The number of aryl methyl sites for hydroxylation is 2. The van der Waals surface area contributed by atoms with Crippen molar-refractivity contribution >= 4 is 39.8 Å². The van der Waals surface area contributed by atoms with Crippen molar-refractivity contribution < 1.29 is 38.8 Å². The van der Waals surface area contributed by atoms with E-state index < -0.39 is 23.6 Å². The van der Waals surface area contributed by atoms with Gasteiger partial charge >= 0.3 is 18.0 Å². The lowest BCUT2D eigenvalue weighted by Gasteiger charge is -2.19. The van der Waals surface area contributed by atoms with Crippen molar-refractivity contribution in [3.8, 4) is 11.5 Å². The van der Waals surface area contributed by atoms with Gasteiger partial charge in [0.2, 0.25) is 0 Å². The molecule has 0 unspecified atom stereocenters. The Morgan fingerprint density at radius 1 is 0.838 bits per heavy atom. The summed E-state index contributed by atoms with van der Waals surface area (Å²) in [6.07, 6.45) is 2.12. The number of aromatic nitrogens is 2. The molecular weight excluding hydrogens is 480 g/mol. The highest BCUT2D eigenvalue weighted by Crippen LogP contribution is 2.33. The number of aromatic amines is 1. The van der Waals surface area contributed by atoms with E-state index >= 15 is 0 Å². The number of carbonyl (C=O) groups is 3. The topological polar surface area (TPSA) is 140 Å². The van der Waals surface area contributed by atoms with E-state index in [4.69, 9.17) is 19.3 Å². The maximum absolute atomic E-state index is 12.3. The van der Waals surface area contributed by atoms with Crippen LogP contribution in [0.3, 0.4) is 0 Å². The summed E-state index contributed by atoms with van der Waals surface area (Å²) >= 11 is 0. The Balaban J connectivity index is 0.000000220. The van der Waals surface area contributed by atoms with Crippen LogP contribution in [0.4, 0.5) is 4.79 Å². The Hall–Kier alpha value is -4.47. The third-order valence-electron chi connectivity index (χ3n) is 5.39. The van der Waals surface area contributed by atoms with Crippen LogP contribution in [-0.4, -0.2) is 57.6 Å². The molecule has 4 rings (SSSR count). The molecule has 2 aromatic heterocycles. The number of aromatic carboxylic acids is 2. The van der Waals surface area contributed by atoms with Gasteiger partial charge in [0.15, 0.2) is 0 Å². The van der Waals surface area contributed by atoms with Crippen molar-refractivity contribution in [2.75, 3.05) is 14.2 Å². The third-order valence-corrected chi connectivity index (χ3v) is 5.39. The van der Waals surface area contributed by atoms with Gasteiger partial charge in [0, 0.05) is 12.4 Å². The summed E-state index contributed by atoms with van der Waals surface area (Å²) in [6.45, 7) is 9.03. The van der Waals surface area contributed by atoms with Gasteiger partial charge in [-0.3, -0.25) is 4.57 Å². The zero-order chi connectivity index (χ0) is 27.7. The van der Waals surface area contributed by atoms with E-state index in [1.165, 1.54) is 31.2 Å². The number of nitrogens with zero attached hydrogens (tertiary/aromatic N) is 1. The Morgan fingerprint density at radius 3 is 1.89 bits per heavy atom. The number of H-pyrrole nitrogens is 1. The second kappa shape index (κ2) is 10.3. The third kappa shape index (κ3) is 5.69. The second-order valence-electron chi connectivity index (χ2n) is 9.46. The Labute approximate surface area is 213 Å². The summed E-state index contributed by atoms with van der Waals surface area (Å²) in [5.41, 5.74) is 2.67. The molecule has 10 nitrogen and oxygen atoms in total. The standard InChI is InChI=1S/C16H19NO5.C11H11NO3/c1-9-6-11-13(12(7-9)21-5)10(14(18)19)8-17(11)15(20)22-16(2,3)4;1-6-3-8-10(9(4-6)15-2)7(5-12-8)11(13)14/h6-8H,1-5H3,(H,18,19);3-5,12H,1-2H3,(H,13,14). The predicted molar refractivity (Wildman–Crippen MR) is 138 cm³/mol. The minimum Gasteiger partial charge on any atom is -0.496 e. The molecule has 2 aromatic carbocycles. The van der Waals surface area contributed by atoms with Crippen LogP contribution in [0.25, 0.3) is 21.8 Å². The first-order valence-corrected chi connectivity index (χ1v) is 11.3. The highest BCUT2D eigenvalue weighted by molar-refractivity contribution is 6.09. The van der Waals surface area contributed by atoms with E-state index in [9.17, 15) is 19.5 Å². The van der Waals surface area contributed by atoms with Crippen molar-refractivity contribution in [1.82, 2.24) is 9.55 Å². The lowest BCUT2D eigenvalue weighted by Crippen LogP contribution is -2.26. The van der Waals surface area contributed by atoms with Gasteiger partial charge in [-0.2, -0.15) is 0 Å². The normalized spacial score (nSPS) is 11.1. The summed E-state index contributed by atoms with van der Waals surface area (Å²) in [4.78, 5) is 37.7. The summed E-state index contributed by atoms with van der Waals surface area (Å²) in [7, 11) is 3.00. The fourth-order valence-corrected chi connectivity index (χ4v) is 3.94. The average Bonchev–Trinajstić information content (AvgIpc) is 3.39. The van der Waals surface area contributed by atoms with Crippen LogP contribution < -0.4 is 9.47 Å². The van der Waals surface area contributed by atoms with E-state index in [-0.39, 0.29) is 11.1 Å².